The zero-order chi connectivity index (χ0) is 19.6. The molecule has 1 unspecified atom stereocenters. The lowest BCUT2D eigenvalue weighted by molar-refractivity contribution is 0.226. The fraction of sp³-hybridized carbons (Fsp3) is 0.500. The lowest BCUT2D eigenvalue weighted by Crippen LogP contribution is -2.36. The first-order chi connectivity index (χ1) is 14.3. The Morgan fingerprint density at radius 2 is 1.62 bits per heavy atom. The van der Waals surface area contributed by atoms with Gasteiger partial charge in [-0.15, -0.1) is 0 Å². The van der Waals surface area contributed by atoms with Crippen molar-refractivity contribution >= 4 is 11.8 Å². The molecule has 1 aliphatic heterocycles. The summed E-state index contributed by atoms with van der Waals surface area (Å²) in [4.78, 5) is 14.2. The molecule has 1 aromatic carbocycles. The lowest BCUT2D eigenvalue weighted by Gasteiger charge is -2.36. The summed E-state index contributed by atoms with van der Waals surface area (Å²) in [6.07, 6.45) is 16.8. The number of hydrogen-bond acceptors (Lipinski definition) is 5. The van der Waals surface area contributed by atoms with Crippen LogP contribution in [0.2, 0.25) is 0 Å². The Bertz CT molecular complexity index is 850. The van der Waals surface area contributed by atoms with Gasteiger partial charge in [-0.05, 0) is 44.2 Å². The van der Waals surface area contributed by atoms with Crippen LogP contribution in [0.15, 0.2) is 48.9 Å². The van der Waals surface area contributed by atoms with Crippen molar-refractivity contribution < 1.29 is 0 Å². The van der Waals surface area contributed by atoms with Gasteiger partial charge in [-0.3, -0.25) is 0 Å². The topological polar surface area (TPSA) is 44.3 Å². The minimum absolute atomic E-state index is 0.160. The third-order valence-corrected chi connectivity index (χ3v) is 6.66. The van der Waals surface area contributed by atoms with E-state index >= 15 is 0 Å². The van der Waals surface area contributed by atoms with Gasteiger partial charge in [0.05, 0.1) is 0 Å². The van der Waals surface area contributed by atoms with Gasteiger partial charge in [-0.1, -0.05) is 55.5 Å². The Morgan fingerprint density at radius 1 is 0.897 bits per heavy atom. The predicted molar refractivity (Wildman–Crippen MR) is 118 cm³/mol. The van der Waals surface area contributed by atoms with E-state index in [1.807, 2.05) is 12.3 Å². The molecule has 0 bridgehead atoms. The van der Waals surface area contributed by atoms with Gasteiger partial charge in [-0.25, -0.2) is 4.98 Å². The fourth-order valence-electron chi connectivity index (χ4n) is 5.07. The normalized spacial score (nSPS) is 22.7. The largest absolute Gasteiger partial charge is 0.351 e. The van der Waals surface area contributed by atoms with Crippen molar-refractivity contribution in [2.45, 2.75) is 76.5 Å². The van der Waals surface area contributed by atoms with Crippen LogP contribution in [0.5, 0.6) is 0 Å². The third kappa shape index (κ3) is 3.83. The first kappa shape index (κ1) is 18.5. The van der Waals surface area contributed by atoms with Crippen molar-refractivity contribution in [3.63, 3.8) is 0 Å². The summed E-state index contributed by atoms with van der Waals surface area (Å²) in [6.45, 7) is 2.15. The quantitative estimate of drug-likeness (QED) is 0.744. The number of rotatable bonds is 5. The number of hydrogen-bond donors (Lipinski definition) is 1. The maximum Gasteiger partial charge on any atom is 0.224 e. The Kier molecular flexibility index (Phi) is 5.13. The van der Waals surface area contributed by atoms with Gasteiger partial charge in [-0.2, -0.15) is 4.98 Å². The van der Waals surface area contributed by atoms with Crippen LogP contribution in [0.1, 0.15) is 68.7 Å². The average molecular weight is 390 g/mol. The van der Waals surface area contributed by atoms with Gasteiger partial charge in [0.25, 0.3) is 0 Å². The number of benzene rings is 1. The van der Waals surface area contributed by atoms with E-state index in [1.54, 1.807) is 0 Å². The predicted octanol–water partition coefficient (Wildman–Crippen LogP) is 5.37. The summed E-state index contributed by atoms with van der Waals surface area (Å²) in [5.74, 6) is 1.72. The molecule has 152 valence electrons. The van der Waals surface area contributed by atoms with Crippen molar-refractivity contribution in [2.75, 3.05) is 10.2 Å². The molecule has 3 aliphatic rings. The first-order valence-corrected chi connectivity index (χ1v) is 11.2. The second-order valence-electron chi connectivity index (χ2n) is 8.74. The van der Waals surface area contributed by atoms with Gasteiger partial charge < -0.3 is 15.1 Å². The maximum absolute atomic E-state index is 4.90. The monoisotopic (exact) mass is 389 g/mol. The molecule has 5 rings (SSSR count). The molecule has 2 aromatic rings. The molecule has 2 heterocycles. The molecule has 0 spiro atoms. The van der Waals surface area contributed by atoms with E-state index in [0.717, 1.165) is 11.8 Å². The summed E-state index contributed by atoms with van der Waals surface area (Å²) in [7, 11) is 0. The molecule has 29 heavy (non-hydrogen) atoms. The van der Waals surface area contributed by atoms with Crippen molar-refractivity contribution in [3.05, 3.63) is 60.1 Å². The molecule has 0 radical (unpaired) electrons. The Balaban J connectivity index is 1.44. The number of anilines is 2. The summed E-state index contributed by atoms with van der Waals surface area (Å²) in [5.41, 5.74) is 2.61. The molecule has 1 N–H and O–H groups in total. The van der Waals surface area contributed by atoms with Crippen molar-refractivity contribution in [2.24, 2.45) is 0 Å². The third-order valence-electron chi connectivity index (χ3n) is 6.66. The summed E-state index contributed by atoms with van der Waals surface area (Å²) in [5, 5.41) is 3.55. The average Bonchev–Trinajstić information content (AvgIpc) is 3.50. The molecule has 1 atom stereocenters. The van der Waals surface area contributed by atoms with E-state index in [1.165, 1.54) is 62.5 Å². The minimum Gasteiger partial charge on any atom is -0.351 e. The summed E-state index contributed by atoms with van der Waals surface area (Å²) >= 11 is 0. The SMILES string of the molecule is Cc1ccc(C2N(c3ccnc(NC4CCCC4)n3)C=CN2C2CCCC2)cc1. The molecular weight excluding hydrogens is 358 g/mol. The van der Waals surface area contributed by atoms with Crippen LogP contribution >= 0.6 is 0 Å². The molecule has 2 fully saturated rings. The van der Waals surface area contributed by atoms with Crippen molar-refractivity contribution in [3.8, 4) is 0 Å². The highest BCUT2D eigenvalue weighted by atomic mass is 15.4. The second kappa shape index (κ2) is 8.05. The molecule has 5 heteroatoms. The van der Waals surface area contributed by atoms with E-state index in [2.05, 4.69) is 63.7 Å². The van der Waals surface area contributed by atoms with Gasteiger partial charge in [0.15, 0.2) is 0 Å². The zero-order valence-corrected chi connectivity index (χ0v) is 17.3. The van der Waals surface area contributed by atoms with Gasteiger partial charge in [0.2, 0.25) is 5.95 Å². The maximum atomic E-state index is 4.90. The van der Waals surface area contributed by atoms with Gasteiger partial charge >= 0.3 is 0 Å². The Labute approximate surface area is 173 Å². The fourth-order valence-corrected chi connectivity index (χ4v) is 5.07. The van der Waals surface area contributed by atoms with Crippen LogP contribution in [-0.4, -0.2) is 27.0 Å². The zero-order valence-electron chi connectivity index (χ0n) is 17.3. The summed E-state index contributed by atoms with van der Waals surface area (Å²) < 4.78 is 0. The molecular formula is C24H31N5. The Morgan fingerprint density at radius 3 is 2.38 bits per heavy atom. The number of nitrogens with one attached hydrogen (secondary N) is 1. The molecule has 1 aromatic heterocycles. The second-order valence-corrected chi connectivity index (χ2v) is 8.74. The Hall–Kier alpha value is -2.56. The molecule has 0 saturated heterocycles. The lowest BCUT2D eigenvalue weighted by atomic mass is 10.1. The van der Waals surface area contributed by atoms with E-state index in [9.17, 15) is 0 Å². The molecule has 2 aliphatic carbocycles. The van der Waals surface area contributed by atoms with Crippen LogP contribution in [-0.2, 0) is 0 Å². The number of nitrogens with zero attached hydrogens (tertiary/aromatic N) is 4. The molecule has 5 nitrogen and oxygen atoms in total. The first-order valence-electron chi connectivity index (χ1n) is 11.2. The summed E-state index contributed by atoms with van der Waals surface area (Å²) in [6, 6.07) is 12.1. The number of aryl methyl sites for hydroxylation is 1. The highest BCUT2D eigenvalue weighted by molar-refractivity contribution is 5.50. The van der Waals surface area contributed by atoms with Crippen LogP contribution in [0, 0.1) is 6.92 Å². The molecule has 2 saturated carbocycles. The smallest absolute Gasteiger partial charge is 0.224 e. The van der Waals surface area contributed by atoms with E-state index in [-0.39, 0.29) is 6.17 Å². The van der Waals surface area contributed by atoms with Crippen LogP contribution in [0.3, 0.4) is 0 Å². The highest BCUT2D eigenvalue weighted by Gasteiger charge is 2.35. The standard InChI is InChI=1S/C24H31N5/c1-18-10-12-19(13-11-18)23-28(21-8-4-5-9-21)16-17-29(23)22-14-15-25-24(27-22)26-20-6-2-3-7-20/h10-17,20-21,23H,2-9H2,1H3,(H,25,26,27). The molecule has 0 amide bonds. The highest BCUT2D eigenvalue weighted by Crippen LogP contribution is 2.39. The van der Waals surface area contributed by atoms with Crippen LogP contribution < -0.4 is 10.2 Å². The van der Waals surface area contributed by atoms with Crippen molar-refractivity contribution in [1.82, 2.24) is 14.9 Å². The van der Waals surface area contributed by atoms with Crippen LogP contribution in [0.25, 0.3) is 0 Å². The minimum atomic E-state index is 0.160. The van der Waals surface area contributed by atoms with Gasteiger partial charge in [0, 0.05) is 30.7 Å². The van der Waals surface area contributed by atoms with E-state index in [0.29, 0.717) is 12.1 Å². The number of aromatic nitrogens is 2. The van der Waals surface area contributed by atoms with E-state index in [4.69, 9.17) is 4.98 Å². The van der Waals surface area contributed by atoms with Crippen molar-refractivity contribution in [1.29, 1.82) is 0 Å². The van der Waals surface area contributed by atoms with Crippen LogP contribution in [0.4, 0.5) is 11.8 Å². The van der Waals surface area contributed by atoms with Gasteiger partial charge in [0.1, 0.15) is 12.0 Å². The van der Waals surface area contributed by atoms with E-state index < -0.39 is 0 Å².